The lowest BCUT2D eigenvalue weighted by Crippen LogP contribution is -2.04. The Bertz CT molecular complexity index is 806. The van der Waals surface area contributed by atoms with Gasteiger partial charge in [-0.25, -0.2) is 0 Å². The summed E-state index contributed by atoms with van der Waals surface area (Å²) in [6.45, 7) is 13.4. The van der Waals surface area contributed by atoms with Crippen LogP contribution in [0.25, 0.3) is 0 Å². The molecule has 276 valence electrons. The Balaban J connectivity index is 0.00000677. The molecule has 1 aromatic carbocycles. The zero-order valence-corrected chi connectivity index (χ0v) is 32.9. The molecular weight excluding hydrogens is 630 g/mol. The largest absolute Gasteiger partial charge is 0.490 e. The molecule has 0 aliphatic rings. The van der Waals surface area contributed by atoms with Gasteiger partial charge in [-0.15, -0.1) is 0 Å². The summed E-state index contributed by atoms with van der Waals surface area (Å²) in [6, 6.07) is 5.59. The van der Waals surface area contributed by atoms with Crippen LogP contribution in [0.5, 0.6) is 11.5 Å². The molecule has 0 saturated carbocycles. The van der Waals surface area contributed by atoms with Crippen LogP contribution in [0.3, 0.4) is 0 Å². The van der Waals surface area contributed by atoms with Gasteiger partial charge in [0.15, 0.2) is 25.7 Å². The number of benzene rings is 1. The van der Waals surface area contributed by atoms with E-state index in [-0.39, 0.29) is 12.4 Å². The minimum absolute atomic E-state index is 0.0525. The van der Waals surface area contributed by atoms with Crippen molar-refractivity contribution in [3.05, 3.63) is 23.8 Å². The average Bonchev–Trinajstić information content (AvgIpc) is 3.06. The number of rotatable bonds is 33. The van der Waals surface area contributed by atoms with Crippen LogP contribution in [-0.2, 0) is 13.6 Å². The first kappa shape index (κ1) is 46.2. The Labute approximate surface area is 292 Å². The zero-order valence-electron chi connectivity index (χ0n) is 31.0. The molecule has 9 heteroatoms. The van der Waals surface area contributed by atoms with Crippen LogP contribution in [0.2, 0.25) is 0 Å². The van der Waals surface area contributed by atoms with E-state index in [9.17, 15) is 4.79 Å². The van der Waals surface area contributed by atoms with Crippen LogP contribution in [0.4, 0.5) is 0 Å². The summed E-state index contributed by atoms with van der Waals surface area (Å²) in [5.74, 6) is 1.52. The number of Topliss-reactive ketones (excluding diaryl/α,β-unsaturated/α-hetero) is 1. The maximum absolute atomic E-state index is 11.9. The van der Waals surface area contributed by atoms with Gasteiger partial charge in [0.1, 0.15) is 0 Å². The van der Waals surface area contributed by atoms with Crippen molar-refractivity contribution < 1.29 is 32.9 Å². The second kappa shape index (κ2) is 36.5. The monoisotopic (exact) mass is 702 g/mol. The molecule has 1 atom stereocenters. The van der Waals surface area contributed by atoms with Crippen molar-refractivity contribution >= 4 is 23.0 Å². The van der Waals surface area contributed by atoms with Crippen molar-refractivity contribution in [1.29, 1.82) is 0 Å². The number of hydrogen-bond donors (Lipinski definition) is 1. The summed E-state index contributed by atoms with van der Waals surface area (Å²) in [5, 5.41) is 7.57. The van der Waals surface area contributed by atoms with Crippen LogP contribution in [0, 0.1) is 0 Å². The fourth-order valence-electron chi connectivity index (χ4n) is 5.07. The van der Waals surface area contributed by atoms with E-state index in [0.29, 0.717) is 33.3 Å². The normalized spacial score (nSPS) is 11.3. The van der Waals surface area contributed by atoms with Crippen molar-refractivity contribution in [3.8, 4) is 11.5 Å². The summed E-state index contributed by atoms with van der Waals surface area (Å²) < 4.78 is 29.0. The lowest BCUT2D eigenvalue weighted by molar-refractivity contribution is 0.101. The predicted molar refractivity (Wildman–Crippen MR) is 203 cm³/mol. The van der Waals surface area contributed by atoms with Gasteiger partial charge in [0.25, 0.3) is 0 Å². The number of ketones is 1. The quantitative estimate of drug-likeness (QED) is 0.0443. The molecular formula is C38H72O7P2. The average molecular weight is 703 g/mol. The van der Waals surface area contributed by atoms with Crippen molar-refractivity contribution in [1.82, 2.24) is 0 Å². The lowest BCUT2D eigenvalue weighted by Gasteiger charge is -2.15. The fraction of sp³-hybridized carbons (Fsp3) is 0.816. The molecule has 0 spiro atoms. The van der Waals surface area contributed by atoms with Gasteiger partial charge in [-0.2, -0.15) is 0 Å². The second-order valence-electron chi connectivity index (χ2n) is 11.8. The van der Waals surface area contributed by atoms with E-state index in [4.69, 9.17) is 28.2 Å². The van der Waals surface area contributed by atoms with Gasteiger partial charge in [0.2, 0.25) is 0 Å². The summed E-state index contributed by atoms with van der Waals surface area (Å²) in [4.78, 5) is 11.9. The number of carbonyl (C=O) groups is 1. The van der Waals surface area contributed by atoms with E-state index < -0.39 is 8.38 Å². The predicted octanol–water partition coefficient (Wildman–Crippen LogP) is 11.7. The third kappa shape index (κ3) is 29.8. The molecule has 0 saturated heterocycles. The first-order chi connectivity index (χ1) is 23.0. The molecule has 1 unspecified atom stereocenters. The molecule has 1 aromatic rings. The minimum Gasteiger partial charge on any atom is -0.490 e. The van der Waals surface area contributed by atoms with Crippen molar-refractivity contribution in [2.24, 2.45) is 0 Å². The molecule has 0 aliphatic carbocycles. The number of unbranched alkanes of at least 4 members (excludes halogenated alkanes) is 16. The summed E-state index contributed by atoms with van der Waals surface area (Å²) >= 11 is 0. The number of carbonyl (C=O) groups excluding carboxylic acids is 1. The lowest BCUT2D eigenvalue weighted by atomic mass is 10.1. The van der Waals surface area contributed by atoms with Gasteiger partial charge in [0, 0.05) is 33.7 Å². The Morgan fingerprint density at radius 3 is 1.55 bits per heavy atom. The third-order valence-electron chi connectivity index (χ3n) is 7.57. The highest BCUT2D eigenvalue weighted by Crippen LogP contribution is 2.39. The Morgan fingerprint density at radius 1 is 0.638 bits per heavy atom. The molecule has 0 bridgehead atoms. The minimum atomic E-state index is -0.671. The maximum atomic E-state index is 11.9. The standard InChI is InChI=1S/C36H66O6P2.C2H6O/c1-5-40-43-30-24-20-16-12-8-10-14-18-22-28-38-35-27-26-34(33(4)37)32-36(35)39-29-23-19-15-11-9-13-17-21-25-31-44(41-6-2)42-7-3;1-2-3/h26-27,32,43H,5-25,28-31H2,1-4H3;3H,2H2,1H3. The van der Waals surface area contributed by atoms with Gasteiger partial charge in [-0.05, 0) is 84.7 Å². The van der Waals surface area contributed by atoms with Crippen LogP contribution < -0.4 is 9.47 Å². The number of ether oxygens (including phenoxy) is 2. The van der Waals surface area contributed by atoms with Crippen LogP contribution in [0.15, 0.2) is 18.2 Å². The van der Waals surface area contributed by atoms with Crippen molar-refractivity contribution in [2.45, 2.75) is 150 Å². The van der Waals surface area contributed by atoms with E-state index in [1.54, 1.807) is 13.8 Å². The summed E-state index contributed by atoms with van der Waals surface area (Å²) in [7, 11) is 0.0181. The highest BCUT2D eigenvalue weighted by atomic mass is 31.2. The van der Waals surface area contributed by atoms with Crippen molar-refractivity contribution in [2.75, 3.05) is 52.0 Å². The fourth-order valence-corrected chi connectivity index (χ4v) is 7.20. The first-order valence-corrected chi connectivity index (χ1v) is 21.4. The smallest absolute Gasteiger partial charge is 0.170 e. The Morgan fingerprint density at radius 2 is 1.09 bits per heavy atom. The van der Waals surface area contributed by atoms with Crippen LogP contribution >= 0.6 is 17.2 Å². The summed E-state index contributed by atoms with van der Waals surface area (Å²) in [5.41, 5.74) is 0.675. The van der Waals surface area contributed by atoms with E-state index in [0.717, 1.165) is 44.6 Å². The third-order valence-corrected chi connectivity index (χ3v) is 10.4. The van der Waals surface area contributed by atoms with E-state index in [2.05, 4.69) is 6.92 Å². The topological polar surface area (TPSA) is 83.5 Å². The maximum Gasteiger partial charge on any atom is 0.170 e. The Hall–Kier alpha value is -0.810. The van der Waals surface area contributed by atoms with Crippen molar-refractivity contribution in [3.63, 3.8) is 0 Å². The van der Waals surface area contributed by atoms with Gasteiger partial charge < -0.3 is 28.2 Å². The van der Waals surface area contributed by atoms with Gasteiger partial charge >= 0.3 is 0 Å². The van der Waals surface area contributed by atoms with Crippen LogP contribution in [0.1, 0.15) is 161 Å². The highest BCUT2D eigenvalue weighted by molar-refractivity contribution is 7.47. The number of aliphatic hydroxyl groups is 1. The molecule has 0 radical (unpaired) electrons. The van der Waals surface area contributed by atoms with Gasteiger partial charge in [-0.3, -0.25) is 4.79 Å². The van der Waals surface area contributed by atoms with E-state index in [1.807, 2.05) is 32.0 Å². The zero-order chi connectivity index (χ0) is 34.6. The van der Waals surface area contributed by atoms with E-state index >= 15 is 0 Å². The van der Waals surface area contributed by atoms with Gasteiger partial charge in [0.05, 0.1) is 26.4 Å². The Kier molecular flexibility index (Phi) is 35.8. The molecule has 47 heavy (non-hydrogen) atoms. The molecule has 7 nitrogen and oxygen atoms in total. The first-order valence-electron chi connectivity index (χ1n) is 18.9. The second-order valence-corrected chi connectivity index (χ2v) is 14.5. The molecule has 0 aromatic heterocycles. The van der Waals surface area contributed by atoms with E-state index in [1.165, 1.54) is 109 Å². The SMILES string of the molecule is CCO.CCOPCCCCCCCCCCCOc1ccc(C(C)=O)cc1OCCCCCCCCCCCP(OCC)OCC. The highest BCUT2D eigenvalue weighted by Gasteiger charge is 2.10. The van der Waals surface area contributed by atoms with Gasteiger partial charge in [-0.1, -0.05) is 89.9 Å². The molecule has 0 amide bonds. The molecule has 0 fully saturated rings. The number of hydrogen-bond acceptors (Lipinski definition) is 7. The molecule has 0 heterocycles. The number of aliphatic hydroxyl groups excluding tert-OH is 1. The molecule has 1 rings (SSSR count). The van der Waals surface area contributed by atoms with Crippen LogP contribution in [-0.4, -0.2) is 62.9 Å². The molecule has 0 aliphatic heterocycles. The molecule has 1 N–H and O–H groups in total. The summed E-state index contributed by atoms with van der Waals surface area (Å²) in [6.07, 6.45) is 24.9.